The summed E-state index contributed by atoms with van der Waals surface area (Å²) in [5.74, 6) is -1.03. The number of benzene rings is 2. The molecule has 4 nitrogen and oxygen atoms in total. The fourth-order valence-corrected chi connectivity index (χ4v) is 3.25. The molecular weight excluding hydrogens is 349 g/mol. The van der Waals surface area contributed by atoms with Crippen molar-refractivity contribution in [1.82, 2.24) is 4.90 Å². The molecule has 124 valence electrons. The Hall–Kier alpha value is -1.88. The Labute approximate surface area is 149 Å². The van der Waals surface area contributed by atoms with Crippen molar-refractivity contribution in [2.24, 2.45) is 0 Å². The van der Waals surface area contributed by atoms with Crippen LogP contribution in [0.25, 0.3) is 0 Å². The number of carbonyl (C=O) groups is 2. The molecule has 0 aromatic heterocycles. The van der Waals surface area contributed by atoms with E-state index in [9.17, 15) is 9.59 Å². The van der Waals surface area contributed by atoms with Crippen molar-refractivity contribution in [3.63, 3.8) is 0 Å². The summed E-state index contributed by atoms with van der Waals surface area (Å²) in [5.41, 5.74) is 1.90. The number of likely N-dealkylation sites (tertiary alicyclic amines) is 1. The highest BCUT2D eigenvalue weighted by Crippen LogP contribution is 2.36. The molecule has 0 amide bonds. The second kappa shape index (κ2) is 6.93. The Morgan fingerprint density at radius 3 is 1.88 bits per heavy atom. The number of ketones is 1. The number of halogens is 2. The Kier molecular flexibility index (Phi) is 4.90. The molecule has 0 radical (unpaired) electrons. The first-order valence-electron chi connectivity index (χ1n) is 7.47. The lowest BCUT2D eigenvalue weighted by atomic mass is 9.88. The predicted molar refractivity (Wildman–Crippen MR) is 92.5 cm³/mol. The molecule has 1 aliphatic heterocycles. The predicted octanol–water partition coefficient (Wildman–Crippen LogP) is 3.81. The zero-order chi connectivity index (χ0) is 17.3. The van der Waals surface area contributed by atoms with E-state index in [-0.39, 0.29) is 24.8 Å². The number of carbonyl (C=O) groups excluding carboxylic acids is 1. The van der Waals surface area contributed by atoms with E-state index in [1.54, 1.807) is 24.3 Å². The van der Waals surface area contributed by atoms with Gasteiger partial charge in [0.15, 0.2) is 5.78 Å². The lowest BCUT2D eigenvalue weighted by Crippen LogP contribution is -2.59. The van der Waals surface area contributed by atoms with Gasteiger partial charge in [0.2, 0.25) is 0 Å². The number of hydrogen-bond donors (Lipinski definition) is 1. The van der Waals surface area contributed by atoms with Crippen LogP contribution < -0.4 is 0 Å². The van der Waals surface area contributed by atoms with Gasteiger partial charge >= 0.3 is 5.97 Å². The average Bonchev–Trinajstić information content (AvgIpc) is 2.55. The van der Waals surface area contributed by atoms with Crippen molar-refractivity contribution in [3.05, 3.63) is 69.7 Å². The average molecular weight is 364 g/mol. The number of aliphatic carboxylic acids is 1. The maximum atomic E-state index is 11.9. The van der Waals surface area contributed by atoms with Crippen molar-refractivity contribution in [1.29, 1.82) is 0 Å². The molecule has 0 saturated carbocycles. The summed E-state index contributed by atoms with van der Waals surface area (Å²) in [4.78, 5) is 24.9. The number of rotatable bonds is 5. The molecule has 1 fully saturated rings. The lowest BCUT2D eigenvalue weighted by Gasteiger charge is -2.44. The van der Waals surface area contributed by atoms with Gasteiger partial charge in [-0.2, -0.15) is 0 Å². The second-order valence-corrected chi connectivity index (χ2v) is 6.63. The molecular formula is C18H15Cl2NO3. The molecule has 0 spiro atoms. The van der Waals surface area contributed by atoms with Crippen molar-refractivity contribution >= 4 is 35.0 Å². The summed E-state index contributed by atoms with van der Waals surface area (Å²) >= 11 is 11.9. The summed E-state index contributed by atoms with van der Waals surface area (Å²) in [7, 11) is 0. The third-order valence-corrected chi connectivity index (χ3v) is 4.69. The first-order chi connectivity index (χ1) is 11.5. The normalized spacial score (nSPS) is 17.8. The molecule has 1 saturated heterocycles. The number of Topliss-reactive ketones (excluding diaryl/α,β-unsaturated/α-hetero) is 1. The van der Waals surface area contributed by atoms with E-state index < -0.39 is 12.0 Å². The van der Waals surface area contributed by atoms with Crippen LogP contribution in [-0.2, 0) is 9.59 Å². The van der Waals surface area contributed by atoms with Crippen molar-refractivity contribution in [3.8, 4) is 0 Å². The van der Waals surface area contributed by atoms with Crippen molar-refractivity contribution in [2.75, 3.05) is 6.54 Å². The Balaban J connectivity index is 1.98. The molecule has 1 N–H and O–H groups in total. The van der Waals surface area contributed by atoms with Gasteiger partial charge in [-0.05, 0) is 35.4 Å². The third-order valence-electron chi connectivity index (χ3n) is 4.18. The molecule has 1 unspecified atom stereocenters. The molecule has 24 heavy (non-hydrogen) atoms. The van der Waals surface area contributed by atoms with Gasteiger partial charge in [-0.1, -0.05) is 47.5 Å². The standard InChI is InChI=1S/C18H15Cl2NO3/c19-13-5-1-11(2-6-13)18(12-3-7-14(20)8-4-12)21-10-16(22)15(21)9-17(23)24/h1-8,15,18H,9-10H2,(H,23,24). The monoisotopic (exact) mass is 363 g/mol. The van der Waals surface area contributed by atoms with Crippen LogP contribution in [0.15, 0.2) is 48.5 Å². The zero-order valence-electron chi connectivity index (χ0n) is 12.7. The van der Waals surface area contributed by atoms with Crippen molar-refractivity contribution in [2.45, 2.75) is 18.5 Å². The number of carboxylic acid groups (broad SMARTS) is 1. The van der Waals surface area contributed by atoms with Crippen LogP contribution in [0.4, 0.5) is 0 Å². The van der Waals surface area contributed by atoms with Crippen LogP contribution in [0.2, 0.25) is 10.0 Å². The minimum absolute atomic E-state index is 0.0506. The van der Waals surface area contributed by atoms with Gasteiger partial charge in [-0.25, -0.2) is 0 Å². The first kappa shape index (κ1) is 17.0. The van der Waals surface area contributed by atoms with E-state index >= 15 is 0 Å². The van der Waals surface area contributed by atoms with Gasteiger partial charge in [0.1, 0.15) is 0 Å². The first-order valence-corrected chi connectivity index (χ1v) is 8.22. The molecule has 2 aromatic rings. The molecule has 1 heterocycles. The smallest absolute Gasteiger partial charge is 0.305 e. The van der Waals surface area contributed by atoms with E-state index in [0.29, 0.717) is 10.0 Å². The van der Waals surface area contributed by atoms with Gasteiger partial charge in [0.05, 0.1) is 25.0 Å². The van der Waals surface area contributed by atoms with E-state index in [1.165, 1.54) is 0 Å². The zero-order valence-corrected chi connectivity index (χ0v) is 14.2. The summed E-state index contributed by atoms with van der Waals surface area (Å²) in [6.07, 6.45) is -0.198. The highest BCUT2D eigenvalue weighted by molar-refractivity contribution is 6.30. The van der Waals surface area contributed by atoms with E-state index in [0.717, 1.165) is 11.1 Å². The maximum Gasteiger partial charge on any atom is 0.305 e. The van der Waals surface area contributed by atoms with Gasteiger partial charge in [0.25, 0.3) is 0 Å². The Morgan fingerprint density at radius 1 is 1.04 bits per heavy atom. The molecule has 1 aliphatic rings. The van der Waals surface area contributed by atoms with Crippen LogP contribution in [0.5, 0.6) is 0 Å². The van der Waals surface area contributed by atoms with E-state index in [2.05, 4.69) is 0 Å². The fraction of sp³-hybridized carbons (Fsp3) is 0.222. The van der Waals surface area contributed by atoms with Crippen LogP contribution in [0.3, 0.4) is 0 Å². The molecule has 0 bridgehead atoms. The minimum Gasteiger partial charge on any atom is -0.481 e. The van der Waals surface area contributed by atoms with Crippen molar-refractivity contribution < 1.29 is 14.7 Å². The quantitative estimate of drug-likeness (QED) is 0.877. The third kappa shape index (κ3) is 3.46. The summed E-state index contributed by atoms with van der Waals surface area (Å²) in [6.45, 7) is 0.230. The fourth-order valence-electron chi connectivity index (χ4n) is 3.00. The second-order valence-electron chi connectivity index (χ2n) is 5.76. The minimum atomic E-state index is -0.982. The lowest BCUT2D eigenvalue weighted by molar-refractivity contribution is -0.148. The van der Waals surface area contributed by atoms with Crippen LogP contribution >= 0.6 is 23.2 Å². The highest BCUT2D eigenvalue weighted by Gasteiger charge is 2.43. The molecule has 2 aromatic carbocycles. The van der Waals surface area contributed by atoms with Gasteiger partial charge in [0, 0.05) is 10.0 Å². The van der Waals surface area contributed by atoms with Crippen LogP contribution in [-0.4, -0.2) is 34.3 Å². The van der Waals surface area contributed by atoms with Crippen LogP contribution in [0.1, 0.15) is 23.6 Å². The molecule has 0 aliphatic carbocycles. The number of carboxylic acids is 1. The number of nitrogens with zero attached hydrogens (tertiary/aromatic N) is 1. The molecule has 6 heteroatoms. The topological polar surface area (TPSA) is 57.6 Å². The summed E-state index contributed by atoms with van der Waals surface area (Å²) in [5, 5.41) is 10.3. The van der Waals surface area contributed by atoms with Gasteiger partial charge in [-0.3, -0.25) is 14.5 Å². The maximum absolute atomic E-state index is 11.9. The SMILES string of the molecule is O=C(O)CC1C(=O)CN1C(c1ccc(Cl)cc1)c1ccc(Cl)cc1. The Bertz CT molecular complexity index is 713. The summed E-state index contributed by atoms with van der Waals surface area (Å²) < 4.78 is 0. The molecule has 3 rings (SSSR count). The van der Waals surface area contributed by atoms with E-state index in [4.69, 9.17) is 28.3 Å². The van der Waals surface area contributed by atoms with Crippen LogP contribution in [0, 0.1) is 0 Å². The van der Waals surface area contributed by atoms with E-state index in [1.807, 2.05) is 29.2 Å². The highest BCUT2D eigenvalue weighted by atomic mass is 35.5. The summed E-state index contributed by atoms with van der Waals surface area (Å²) in [6, 6.07) is 13.9. The number of hydrogen-bond acceptors (Lipinski definition) is 3. The largest absolute Gasteiger partial charge is 0.481 e. The van der Waals surface area contributed by atoms with Gasteiger partial charge in [-0.15, -0.1) is 0 Å². The molecule has 1 atom stereocenters. The Morgan fingerprint density at radius 2 is 1.50 bits per heavy atom. The van der Waals surface area contributed by atoms with Gasteiger partial charge < -0.3 is 5.11 Å².